The topological polar surface area (TPSA) is 79.0 Å². The number of H-pyrrole nitrogens is 1. The molecule has 1 saturated heterocycles. The zero-order chi connectivity index (χ0) is 17.9. The second kappa shape index (κ2) is 7.87. The van der Waals surface area contributed by atoms with Crippen LogP contribution in [-0.4, -0.2) is 41.9 Å². The normalized spacial score (nSPS) is 27.9. The number of carbonyl (C=O) groups excluding carboxylic acids is 1. The third kappa shape index (κ3) is 5.05. The van der Waals surface area contributed by atoms with Crippen LogP contribution in [0.15, 0.2) is 6.07 Å². The molecule has 3 N–H and O–H groups in total. The summed E-state index contributed by atoms with van der Waals surface area (Å²) in [4.78, 5) is 12.2. The zero-order valence-corrected chi connectivity index (χ0v) is 15.7. The monoisotopic (exact) mass is 348 g/mol. The Balaban J connectivity index is 1.48. The maximum absolute atomic E-state index is 12.2. The molecule has 1 unspecified atom stereocenters. The minimum atomic E-state index is -0.0162. The first-order valence-electron chi connectivity index (χ1n) is 9.58. The van der Waals surface area contributed by atoms with Crippen molar-refractivity contribution in [1.82, 2.24) is 15.5 Å². The van der Waals surface area contributed by atoms with Crippen LogP contribution in [0.3, 0.4) is 0 Å². The number of aromatic nitrogens is 2. The van der Waals surface area contributed by atoms with E-state index in [-0.39, 0.29) is 11.9 Å². The van der Waals surface area contributed by atoms with Gasteiger partial charge in [0, 0.05) is 36.7 Å². The quantitative estimate of drug-likeness (QED) is 0.781. The van der Waals surface area contributed by atoms with Crippen LogP contribution >= 0.6 is 0 Å². The maximum atomic E-state index is 12.2. The summed E-state index contributed by atoms with van der Waals surface area (Å²) in [6.07, 6.45) is 5.34. The number of rotatable bonds is 4. The van der Waals surface area contributed by atoms with Crippen molar-refractivity contribution < 1.29 is 9.53 Å². The van der Waals surface area contributed by atoms with Crippen LogP contribution in [0, 0.1) is 11.3 Å². The summed E-state index contributed by atoms with van der Waals surface area (Å²) in [5.74, 6) is 1.95. The molecule has 1 aromatic heterocycles. The van der Waals surface area contributed by atoms with Gasteiger partial charge in [-0.3, -0.25) is 9.89 Å². The van der Waals surface area contributed by atoms with Crippen molar-refractivity contribution in [2.45, 2.75) is 64.8 Å². The predicted molar refractivity (Wildman–Crippen MR) is 98.6 cm³/mol. The van der Waals surface area contributed by atoms with Gasteiger partial charge in [-0.15, -0.1) is 0 Å². The average Bonchev–Trinajstić information content (AvgIpc) is 3.03. The van der Waals surface area contributed by atoms with Gasteiger partial charge in [-0.1, -0.05) is 20.8 Å². The highest BCUT2D eigenvalue weighted by Gasteiger charge is 2.31. The van der Waals surface area contributed by atoms with E-state index in [1.54, 1.807) is 0 Å². The molecule has 6 heteroatoms. The van der Waals surface area contributed by atoms with E-state index < -0.39 is 0 Å². The van der Waals surface area contributed by atoms with Crippen LogP contribution in [0.1, 0.15) is 64.5 Å². The molecule has 1 amide bonds. The van der Waals surface area contributed by atoms with Crippen molar-refractivity contribution in [3.8, 4) is 0 Å². The molecule has 2 fully saturated rings. The highest BCUT2D eigenvalue weighted by Crippen LogP contribution is 2.42. The Bertz CT molecular complexity index is 564. The highest BCUT2D eigenvalue weighted by molar-refractivity contribution is 5.90. The zero-order valence-electron chi connectivity index (χ0n) is 15.7. The molecule has 1 aliphatic heterocycles. The predicted octanol–water partition coefficient (Wildman–Crippen LogP) is 3.05. The van der Waals surface area contributed by atoms with E-state index in [0.29, 0.717) is 30.2 Å². The van der Waals surface area contributed by atoms with Crippen molar-refractivity contribution in [2.24, 2.45) is 11.3 Å². The Kier molecular flexibility index (Phi) is 5.79. The number of nitrogens with one attached hydrogen (secondary N) is 3. The van der Waals surface area contributed by atoms with Crippen LogP contribution in [0.2, 0.25) is 0 Å². The molecule has 0 aromatic carbocycles. The third-order valence-electron chi connectivity index (χ3n) is 5.69. The van der Waals surface area contributed by atoms with Gasteiger partial charge in [0.1, 0.15) is 0 Å². The first-order chi connectivity index (χ1) is 11.9. The molecule has 140 valence electrons. The van der Waals surface area contributed by atoms with Crippen LogP contribution in [0.4, 0.5) is 5.82 Å². The lowest BCUT2D eigenvalue weighted by atomic mass is 9.69. The van der Waals surface area contributed by atoms with Crippen molar-refractivity contribution in [1.29, 1.82) is 0 Å². The van der Waals surface area contributed by atoms with Gasteiger partial charge in [-0.2, -0.15) is 5.10 Å². The summed E-state index contributed by atoms with van der Waals surface area (Å²) in [5.41, 5.74) is 1.55. The minimum Gasteiger partial charge on any atom is -0.378 e. The van der Waals surface area contributed by atoms with E-state index in [0.717, 1.165) is 24.8 Å². The van der Waals surface area contributed by atoms with E-state index in [1.165, 1.54) is 25.7 Å². The van der Waals surface area contributed by atoms with Crippen molar-refractivity contribution in [3.05, 3.63) is 11.8 Å². The van der Waals surface area contributed by atoms with Gasteiger partial charge in [-0.25, -0.2) is 0 Å². The number of amides is 1. The average molecular weight is 348 g/mol. The van der Waals surface area contributed by atoms with E-state index in [9.17, 15) is 4.79 Å². The Hall–Kier alpha value is -1.40. The molecule has 3 rings (SSSR count). The number of hydrogen-bond donors (Lipinski definition) is 3. The number of aromatic amines is 1. The number of hydrogen-bond acceptors (Lipinski definition) is 4. The van der Waals surface area contributed by atoms with Gasteiger partial charge in [-0.05, 0) is 37.0 Å². The summed E-state index contributed by atoms with van der Waals surface area (Å²) in [5, 5.41) is 13.6. The van der Waals surface area contributed by atoms with Gasteiger partial charge in [0.2, 0.25) is 5.91 Å². The molecule has 1 aliphatic carbocycles. The molecule has 25 heavy (non-hydrogen) atoms. The summed E-state index contributed by atoms with van der Waals surface area (Å²) < 4.78 is 5.38. The Morgan fingerprint density at radius 2 is 2.08 bits per heavy atom. The lowest BCUT2D eigenvalue weighted by Gasteiger charge is -2.36. The molecule has 2 heterocycles. The first-order valence-corrected chi connectivity index (χ1v) is 9.58. The molecule has 2 aliphatic rings. The fraction of sp³-hybridized carbons (Fsp3) is 0.789. The van der Waals surface area contributed by atoms with Gasteiger partial charge in [0.05, 0.1) is 13.2 Å². The van der Waals surface area contributed by atoms with Gasteiger partial charge < -0.3 is 15.4 Å². The number of anilines is 1. The lowest BCUT2D eigenvalue weighted by molar-refractivity contribution is -0.117. The first kappa shape index (κ1) is 18.4. The standard InChI is InChI=1S/C19H32N4O2/c1-19(2,3)14-6-4-13(5-7-14)16-11-17(23-22-16)21-18(24)10-15-12-25-9-8-20-15/h11,13-15,20H,4-10,12H2,1-3H3,(H2,21,22,23,24). The van der Waals surface area contributed by atoms with Crippen molar-refractivity contribution in [2.75, 3.05) is 25.1 Å². The van der Waals surface area contributed by atoms with Crippen LogP contribution in [0.25, 0.3) is 0 Å². The smallest absolute Gasteiger partial charge is 0.227 e. The summed E-state index contributed by atoms with van der Waals surface area (Å²) in [6.45, 7) is 9.15. The highest BCUT2D eigenvalue weighted by atomic mass is 16.5. The van der Waals surface area contributed by atoms with Gasteiger partial charge in [0.15, 0.2) is 5.82 Å². The second-order valence-electron chi connectivity index (χ2n) is 8.60. The Morgan fingerprint density at radius 1 is 1.32 bits per heavy atom. The molecule has 1 aromatic rings. The molecule has 0 radical (unpaired) electrons. The van der Waals surface area contributed by atoms with Crippen LogP contribution in [0.5, 0.6) is 0 Å². The molecule has 0 spiro atoms. The maximum Gasteiger partial charge on any atom is 0.227 e. The minimum absolute atomic E-state index is 0.0162. The fourth-order valence-electron chi connectivity index (χ4n) is 4.05. The summed E-state index contributed by atoms with van der Waals surface area (Å²) in [7, 11) is 0. The Labute approximate surface area is 150 Å². The van der Waals surface area contributed by atoms with E-state index in [1.807, 2.05) is 6.07 Å². The van der Waals surface area contributed by atoms with E-state index in [4.69, 9.17) is 4.74 Å². The van der Waals surface area contributed by atoms with E-state index in [2.05, 4.69) is 41.6 Å². The third-order valence-corrected chi connectivity index (χ3v) is 5.69. The number of nitrogens with zero attached hydrogens (tertiary/aromatic N) is 1. The largest absolute Gasteiger partial charge is 0.378 e. The van der Waals surface area contributed by atoms with Gasteiger partial charge >= 0.3 is 0 Å². The molecule has 1 saturated carbocycles. The number of ether oxygens (including phenoxy) is 1. The fourth-order valence-corrected chi connectivity index (χ4v) is 4.05. The molecule has 6 nitrogen and oxygen atoms in total. The summed E-state index contributed by atoms with van der Waals surface area (Å²) >= 11 is 0. The number of carbonyl (C=O) groups is 1. The van der Waals surface area contributed by atoms with Gasteiger partial charge in [0.25, 0.3) is 0 Å². The summed E-state index contributed by atoms with van der Waals surface area (Å²) in [6, 6.07) is 2.10. The Morgan fingerprint density at radius 3 is 2.72 bits per heavy atom. The van der Waals surface area contributed by atoms with Crippen LogP contribution in [-0.2, 0) is 9.53 Å². The van der Waals surface area contributed by atoms with E-state index >= 15 is 0 Å². The van der Waals surface area contributed by atoms with Crippen molar-refractivity contribution >= 4 is 11.7 Å². The molecular weight excluding hydrogens is 316 g/mol. The second-order valence-corrected chi connectivity index (χ2v) is 8.60. The molecule has 0 bridgehead atoms. The van der Waals surface area contributed by atoms with Crippen molar-refractivity contribution in [3.63, 3.8) is 0 Å². The lowest BCUT2D eigenvalue weighted by Crippen LogP contribution is -2.43. The molecule has 1 atom stereocenters. The SMILES string of the molecule is CC(C)(C)C1CCC(c2cc(NC(=O)CC3COCCN3)n[nH]2)CC1. The molecular formula is C19H32N4O2. The van der Waals surface area contributed by atoms with Crippen LogP contribution < -0.4 is 10.6 Å². The number of morpholine rings is 1.